The Morgan fingerprint density at radius 2 is 1.57 bits per heavy atom. The highest BCUT2D eigenvalue weighted by molar-refractivity contribution is 7.89. The summed E-state index contributed by atoms with van der Waals surface area (Å²) in [4.78, 5) is 15.1. The lowest BCUT2D eigenvalue weighted by molar-refractivity contribution is -0.126. The molecule has 0 saturated carbocycles. The maximum absolute atomic E-state index is 12.8. The SMILES string of the molecule is CCN(CC)C(C(=O)NCCNS(=O)(=O)c1ccc(C)cc1)c1ccccc1. The Morgan fingerprint density at radius 3 is 2.14 bits per heavy atom. The van der Waals surface area contributed by atoms with E-state index in [0.29, 0.717) is 0 Å². The van der Waals surface area contributed by atoms with E-state index in [4.69, 9.17) is 0 Å². The third-order valence-electron chi connectivity index (χ3n) is 4.59. The first-order valence-corrected chi connectivity index (χ1v) is 11.0. The Labute approximate surface area is 168 Å². The van der Waals surface area contributed by atoms with Crippen molar-refractivity contribution in [1.82, 2.24) is 14.9 Å². The van der Waals surface area contributed by atoms with E-state index < -0.39 is 16.1 Å². The number of aryl methyl sites for hydroxylation is 1. The average Bonchev–Trinajstić information content (AvgIpc) is 2.70. The summed E-state index contributed by atoms with van der Waals surface area (Å²) in [5.74, 6) is -0.135. The average molecular weight is 404 g/mol. The van der Waals surface area contributed by atoms with Crippen LogP contribution in [0.15, 0.2) is 59.5 Å². The molecule has 0 fully saturated rings. The van der Waals surface area contributed by atoms with Crippen molar-refractivity contribution in [1.29, 1.82) is 0 Å². The summed E-state index contributed by atoms with van der Waals surface area (Å²) in [5.41, 5.74) is 1.92. The van der Waals surface area contributed by atoms with Crippen LogP contribution in [-0.2, 0) is 14.8 Å². The fourth-order valence-electron chi connectivity index (χ4n) is 3.02. The first-order chi connectivity index (χ1) is 13.4. The molecule has 0 heterocycles. The molecule has 1 atom stereocenters. The van der Waals surface area contributed by atoms with Gasteiger partial charge in [-0.05, 0) is 37.7 Å². The maximum atomic E-state index is 12.8. The van der Waals surface area contributed by atoms with Crippen LogP contribution < -0.4 is 10.0 Å². The van der Waals surface area contributed by atoms with Gasteiger partial charge in [0, 0.05) is 13.1 Å². The Morgan fingerprint density at radius 1 is 0.964 bits per heavy atom. The molecule has 0 aromatic heterocycles. The molecule has 0 aliphatic carbocycles. The van der Waals surface area contributed by atoms with Crippen molar-refractivity contribution in [2.24, 2.45) is 0 Å². The normalized spacial score (nSPS) is 12.7. The van der Waals surface area contributed by atoms with Crippen molar-refractivity contribution in [3.63, 3.8) is 0 Å². The molecule has 0 bridgehead atoms. The minimum absolute atomic E-state index is 0.127. The number of amides is 1. The number of nitrogens with zero attached hydrogens (tertiary/aromatic N) is 1. The molecule has 2 N–H and O–H groups in total. The van der Waals surface area contributed by atoms with Crippen LogP contribution in [0, 0.1) is 6.92 Å². The quantitative estimate of drug-likeness (QED) is 0.598. The predicted molar refractivity (Wildman–Crippen MR) is 111 cm³/mol. The van der Waals surface area contributed by atoms with Crippen molar-refractivity contribution in [2.45, 2.75) is 31.7 Å². The summed E-state index contributed by atoms with van der Waals surface area (Å²) in [5, 5.41) is 2.86. The van der Waals surface area contributed by atoms with Gasteiger partial charge in [0.25, 0.3) is 0 Å². The van der Waals surface area contributed by atoms with Crippen LogP contribution in [-0.4, -0.2) is 45.4 Å². The van der Waals surface area contributed by atoms with E-state index in [2.05, 4.69) is 14.9 Å². The zero-order valence-electron chi connectivity index (χ0n) is 16.7. The van der Waals surface area contributed by atoms with Crippen LogP contribution in [0.1, 0.15) is 31.0 Å². The number of nitrogens with one attached hydrogen (secondary N) is 2. The molecule has 7 heteroatoms. The zero-order valence-corrected chi connectivity index (χ0v) is 17.5. The molecule has 0 saturated heterocycles. The number of rotatable bonds is 10. The topological polar surface area (TPSA) is 78.5 Å². The van der Waals surface area contributed by atoms with Gasteiger partial charge in [0.15, 0.2) is 0 Å². The van der Waals surface area contributed by atoms with Crippen LogP contribution in [0.4, 0.5) is 0 Å². The third-order valence-corrected chi connectivity index (χ3v) is 6.07. The van der Waals surface area contributed by atoms with Crippen LogP contribution in [0.25, 0.3) is 0 Å². The van der Waals surface area contributed by atoms with Crippen LogP contribution >= 0.6 is 0 Å². The van der Waals surface area contributed by atoms with E-state index in [9.17, 15) is 13.2 Å². The van der Waals surface area contributed by atoms with E-state index in [-0.39, 0.29) is 23.9 Å². The largest absolute Gasteiger partial charge is 0.353 e. The molecule has 2 aromatic rings. The third kappa shape index (κ3) is 5.89. The van der Waals surface area contributed by atoms with Gasteiger partial charge in [0.1, 0.15) is 6.04 Å². The lowest BCUT2D eigenvalue weighted by Crippen LogP contribution is -2.43. The van der Waals surface area contributed by atoms with Crippen LogP contribution in [0.5, 0.6) is 0 Å². The molecule has 1 amide bonds. The molecule has 28 heavy (non-hydrogen) atoms. The van der Waals surface area contributed by atoms with E-state index in [0.717, 1.165) is 24.2 Å². The lowest BCUT2D eigenvalue weighted by Gasteiger charge is -2.29. The molecule has 1 unspecified atom stereocenters. The van der Waals surface area contributed by atoms with Gasteiger partial charge in [0.2, 0.25) is 15.9 Å². The second-order valence-electron chi connectivity index (χ2n) is 6.54. The fourth-order valence-corrected chi connectivity index (χ4v) is 4.05. The molecule has 2 aromatic carbocycles. The maximum Gasteiger partial charge on any atom is 0.242 e. The van der Waals surface area contributed by atoms with Crippen molar-refractivity contribution >= 4 is 15.9 Å². The van der Waals surface area contributed by atoms with Gasteiger partial charge in [0.05, 0.1) is 4.90 Å². The molecular weight excluding hydrogens is 374 g/mol. The Hall–Kier alpha value is -2.22. The number of likely N-dealkylation sites (N-methyl/N-ethyl adjacent to an activating group) is 1. The second kappa shape index (κ2) is 10.4. The standard InChI is InChI=1S/C21H29N3O3S/c1-4-24(5-2)20(18-9-7-6-8-10-18)21(25)22-15-16-23-28(26,27)19-13-11-17(3)12-14-19/h6-14,20,23H,4-5,15-16H2,1-3H3,(H,22,25). The van der Waals surface area contributed by atoms with Crippen molar-refractivity contribution in [3.05, 3.63) is 65.7 Å². The van der Waals surface area contributed by atoms with E-state index in [1.807, 2.05) is 51.1 Å². The number of carbonyl (C=O) groups is 1. The first kappa shape index (κ1) is 22.1. The molecule has 6 nitrogen and oxygen atoms in total. The summed E-state index contributed by atoms with van der Waals surface area (Å²) in [6, 6.07) is 15.9. The minimum Gasteiger partial charge on any atom is -0.353 e. The van der Waals surface area contributed by atoms with Gasteiger partial charge >= 0.3 is 0 Å². The Balaban J connectivity index is 1.96. The molecule has 0 aliphatic heterocycles. The Bertz CT molecular complexity index is 848. The van der Waals surface area contributed by atoms with Gasteiger partial charge < -0.3 is 5.32 Å². The summed E-state index contributed by atoms with van der Waals surface area (Å²) < 4.78 is 27.2. The van der Waals surface area contributed by atoms with Crippen molar-refractivity contribution in [3.8, 4) is 0 Å². The molecular formula is C21H29N3O3S. The monoisotopic (exact) mass is 403 g/mol. The number of hydrogen-bond acceptors (Lipinski definition) is 4. The molecule has 0 aliphatic rings. The highest BCUT2D eigenvalue weighted by Crippen LogP contribution is 2.20. The van der Waals surface area contributed by atoms with Gasteiger partial charge in [-0.3, -0.25) is 9.69 Å². The Kier molecular flexibility index (Phi) is 8.17. The van der Waals surface area contributed by atoms with E-state index in [1.54, 1.807) is 24.3 Å². The van der Waals surface area contributed by atoms with Gasteiger partial charge in [-0.1, -0.05) is 61.9 Å². The van der Waals surface area contributed by atoms with Gasteiger partial charge in [-0.15, -0.1) is 0 Å². The van der Waals surface area contributed by atoms with Crippen LogP contribution in [0.2, 0.25) is 0 Å². The number of sulfonamides is 1. The summed E-state index contributed by atoms with van der Waals surface area (Å²) in [7, 11) is -3.58. The molecule has 2 rings (SSSR count). The van der Waals surface area contributed by atoms with E-state index >= 15 is 0 Å². The molecule has 152 valence electrons. The van der Waals surface area contributed by atoms with Gasteiger partial charge in [-0.2, -0.15) is 0 Å². The molecule has 0 radical (unpaired) electrons. The highest BCUT2D eigenvalue weighted by atomic mass is 32.2. The number of carbonyl (C=O) groups excluding carboxylic acids is 1. The van der Waals surface area contributed by atoms with E-state index in [1.165, 1.54) is 0 Å². The fraction of sp³-hybridized carbons (Fsp3) is 0.381. The first-order valence-electron chi connectivity index (χ1n) is 9.52. The summed E-state index contributed by atoms with van der Waals surface area (Å²) in [6.07, 6.45) is 0. The summed E-state index contributed by atoms with van der Waals surface area (Å²) in [6.45, 7) is 7.76. The number of benzene rings is 2. The van der Waals surface area contributed by atoms with Crippen LogP contribution in [0.3, 0.4) is 0 Å². The second-order valence-corrected chi connectivity index (χ2v) is 8.30. The smallest absolute Gasteiger partial charge is 0.242 e. The summed E-state index contributed by atoms with van der Waals surface area (Å²) >= 11 is 0. The van der Waals surface area contributed by atoms with Gasteiger partial charge in [-0.25, -0.2) is 13.1 Å². The number of hydrogen-bond donors (Lipinski definition) is 2. The highest BCUT2D eigenvalue weighted by Gasteiger charge is 2.25. The minimum atomic E-state index is -3.58. The predicted octanol–water partition coefficient (Wildman–Crippen LogP) is 2.47. The van der Waals surface area contributed by atoms with Crippen molar-refractivity contribution in [2.75, 3.05) is 26.2 Å². The van der Waals surface area contributed by atoms with Crippen molar-refractivity contribution < 1.29 is 13.2 Å². The lowest BCUT2D eigenvalue weighted by atomic mass is 10.0. The molecule has 0 spiro atoms. The zero-order chi connectivity index (χ0) is 20.6.